The van der Waals surface area contributed by atoms with Crippen LogP contribution in [-0.2, 0) is 11.3 Å². The molecule has 2 rings (SSSR count). The standard InChI is InChI=1S/C15H21FN2O2/c1-10-5-6-12(8-13(10)16)9-17-15(19)18-11(2)14-4-3-7-20-14/h5-6,8,11,14H,3-4,7,9H2,1-2H3,(H2,17,18,19)/t11-,14-/m1/s1. The zero-order valence-electron chi connectivity index (χ0n) is 11.9. The van der Waals surface area contributed by atoms with E-state index < -0.39 is 0 Å². The molecule has 0 radical (unpaired) electrons. The van der Waals surface area contributed by atoms with Crippen LogP contribution in [0.1, 0.15) is 30.9 Å². The van der Waals surface area contributed by atoms with Crippen molar-refractivity contribution in [1.82, 2.24) is 10.6 Å². The number of urea groups is 1. The van der Waals surface area contributed by atoms with E-state index in [2.05, 4.69) is 10.6 Å². The molecule has 110 valence electrons. The summed E-state index contributed by atoms with van der Waals surface area (Å²) in [6.45, 7) is 4.71. The van der Waals surface area contributed by atoms with Crippen molar-refractivity contribution in [3.63, 3.8) is 0 Å². The lowest BCUT2D eigenvalue weighted by Gasteiger charge is -2.20. The van der Waals surface area contributed by atoms with Gasteiger partial charge >= 0.3 is 6.03 Å². The van der Waals surface area contributed by atoms with Crippen LogP contribution in [0.15, 0.2) is 18.2 Å². The second-order valence-corrected chi connectivity index (χ2v) is 5.25. The molecule has 5 heteroatoms. The van der Waals surface area contributed by atoms with Crippen molar-refractivity contribution in [3.05, 3.63) is 35.1 Å². The molecular formula is C15H21FN2O2. The minimum Gasteiger partial charge on any atom is -0.376 e. The first-order chi connectivity index (χ1) is 9.56. The lowest BCUT2D eigenvalue weighted by Crippen LogP contribution is -2.45. The van der Waals surface area contributed by atoms with Crippen molar-refractivity contribution in [2.24, 2.45) is 0 Å². The van der Waals surface area contributed by atoms with Crippen molar-refractivity contribution >= 4 is 6.03 Å². The molecule has 0 unspecified atom stereocenters. The van der Waals surface area contributed by atoms with E-state index in [0.29, 0.717) is 12.1 Å². The van der Waals surface area contributed by atoms with E-state index in [4.69, 9.17) is 4.74 Å². The maximum Gasteiger partial charge on any atom is 0.315 e. The van der Waals surface area contributed by atoms with Crippen molar-refractivity contribution in [1.29, 1.82) is 0 Å². The molecule has 1 aliphatic heterocycles. The summed E-state index contributed by atoms with van der Waals surface area (Å²) in [5.41, 5.74) is 1.35. The molecule has 0 bridgehead atoms. The Morgan fingerprint density at radius 3 is 3.00 bits per heavy atom. The molecule has 0 aromatic heterocycles. The molecule has 4 nitrogen and oxygen atoms in total. The number of halogens is 1. The summed E-state index contributed by atoms with van der Waals surface area (Å²) >= 11 is 0. The SMILES string of the molecule is Cc1ccc(CNC(=O)N[C@H](C)[C@H]2CCCO2)cc1F. The fraction of sp³-hybridized carbons (Fsp3) is 0.533. The number of ether oxygens (including phenoxy) is 1. The molecule has 1 aromatic carbocycles. The van der Waals surface area contributed by atoms with Crippen molar-refractivity contribution in [2.75, 3.05) is 6.61 Å². The minimum atomic E-state index is -0.256. The topological polar surface area (TPSA) is 50.4 Å². The van der Waals surface area contributed by atoms with Gasteiger partial charge in [0.2, 0.25) is 0 Å². The van der Waals surface area contributed by atoms with Crippen LogP contribution < -0.4 is 10.6 Å². The summed E-state index contributed by atoms with van der Waals surface area (Å²) in [6.07, 6.45) is 2.11. The zero-order chi connectivity index (χ0) is 14.5. The van der Waals surface area contributed by atoms with Gasteiger partial charge in [-0.2, -0.15) is 0 Å². The summed E-state index contributed by atoms with van der Waals surface area (Å²) in [5.74, 6) is -0.252. The van der Waals surface area contributed by atoms with Crippen LogP contribution in [0.25, 0.3) is 0 Å². The first-order valence-corrected chi connectivity index (χ1v) is 6.97. The molecule has 1 aromatic rings. The van der Waals surface area contributed by atoms with Gasteiger partial charge in [0.15, 0.2) is 0 Å². The summed E-state index contributed by atoms with van der Waals surface area (Å²) in [6, 6.07) is 4.68. The molecule has 2 amide bonds. The Bertz CT molecular complexity index is 473. The Kier molecular flexibility index (Phi) is 4.95. The molecular weight excluding hydrogens is 259 g/mol. The van der Waals surface area contributed by atoms with Crippen molar-refractivity contribution < 1.29 is 13.9 Å². The number of benzene rings is 1. The normalized spacial score (nSPS) is 19.6. The van der Waals surface area contributed by atoms with Crippen LogP contribution in [0.2, 0.25) is 0 Å². The first-order valence-electron chi connectivity index (χ1n) is 6.97. The van der Waals surface area contributed by atoms with Gasteiger partial charge in [0, 0.05) is 13.2 Å². The summed E-state index contributed by atoms with van der Waals surface area (Å²) in [4.78, 5) is 11.8. The first kappa shape index (κ1) is 14.8. The smallest absolute Gasteiger partial charge is 0.315 e. The van der Waals surface area contributed by atoms with Crippen molar-refractivity contribution in [3.8, 4) is 0 Å². The highest BCUT2D eigenvalue weighted by atomic mass is 19.1. The van der Waals surface area contributed by atoms with Gasteiger partial charge in [-0.15, -0.1) is 0 Å². The highest BCUT2D eigenvalue weighted by Crippen LogP contribution is 2.15. The van der Waals surface area contributed by atoms with Crippen LogP contribution in [-0.4, -0.2) is 24.8 Å². The van der Waals surface area contributed by atoms with Gasteiger partial charge in [-0.25, -0.2) is 9.18 Å². The number of amides is 2. The Hall–Kier alpha value is -1.62. The van der Waals surface area contributed by atoms with E-state index in [1.165, 1.54) is 6.07 Å². The van der Waals surface area contributed by atoms with E-state index >= 15 is 0 Å². The molecule has 1 heterocycles. The van der Waals surface area contributed by atoms with E-state index in [1.54, 1.807) is 13.0 Å². The summed E-state index contributed by atoms with van der Waals surface area (Å²) < 4.78 is 18.9. The van der Waals surface area contributed by atoms with Crippen LogP contribution in [0, 0.1) is 12.7 Å². The van der Waals surface area contributed by atoms with Crippen molar-refractivity contribution in [2.45, 2.75) is 45.4 Å². The minimum absolute atomic E-state index is 0.0211. The van der Waals surface area contributed by atoms with Gasteiger partial charge in [-0.3, -0.25) is 0 Å². The van der Waals surface area contributed by atoms with Crippen LogP contribution in [0.3, 0.4) is 0 Å². The van der Waals surface area contributed by atoms with Gasteiger partial charge in [0.05, 0.1) is 12.1 Å². The van der Waals surface area contributed by atoms with Gasteiger partial charge in [0.25, 0.3) is 0 Å². The largest absolute Gasteiger partial charge is 0.376 e. The predicted octanol–water partition coefficient (Wildman–Crippen LogP) is 2.50. The van der Waals surface area contributed by atoms with Gasteiger partial charge in [0.1, 0.15) is 5.82 Å². The number of hydrogen-bond acceptors (Lipinski definition) is 2. The predicted molar refractivity (Wildman–Crippen MR) is 74.9 cm³/mol. The third-order valence-corrected chi connectivity index (χ3v) is 3.57. The number of aryl methyl sites for hydroxylation is 1. The molecule has 0 saturated carbocycles. The third kappa shape index (κ3) is 3.93. The van der Waals surface area contributed by atoms with E-state index in [-0.39, 0.29) is 24.0 Å². The number of hydrogen-bond donors (Lipinski definition) is 2. The van der Waals surface area contributed by atoms with E-state index in [1.807, 2.05) is 13.0 Å². The second-order valence-electron chi connectivity index (χ2n) is 5.25. The molecule has 2 N–H and O–H groups in total. The zero-order valence-corrected chi connectivity index (χ0v) is 11.9. The Morgan fingerprint density at radius 1 is 1.55 bits per heavy atom. The summed E-state index contributed by atoms with van der Waals surface area (Å²) in [7, 11) is 0. The Labute approximate surface area is 118 Å². The summed E-state index contributed by atoms with van der Waals surface area (Å²) in [5, 5.41) is 5.58. The fourth-order valence-corrected chi connectivity index (χ4v) is 2.28. The number of carbonyl (C=O) groups is 1. The van der Waals surface area contributed by atoms with Gasteiger partial charge < -0.3 is 15.4 Å². The quantitative estimate of drug-likeness (QED) is 0.890. The monoisotopic (exact) mass is 280 g/mol. The maximum absolute atomic E-state index is 13.4. The van der Waals surface area contributed by atoms with E-state index in [9.17, 15) is 9.18 Å². The molecule has 0 spiro atoms. The second kappa shape index (κ2) is 6.70. The molecule has 1 saturated heterocycles. The molecule has 0 aliphatic carbocycles. The van der Waals surface area contributed by atoms with Crippen LogP contribution >= 0.6 is 0 Å². The molecule has 2 atom stereocenters. The molecule has 1 aliphatic rings. The van der Waals surface area contributed by atoms with Gasteiger partial charge in [-0.1, -0.05) is 12.1 Å². The molecule has 20 heavy (non-hydrogen) atoms. The Balaban J connectivity index is 1.78. The average molecular weight is 280 g/mol. The van der Waals surface area contributed by atoms with E-state index in [0.717, 1.165) is 25.0 Å². The Morgan fingerprint density at radius 2 is 2.35 bits per heavy atom. The van der Waals surface area contributed by atoms with Gasteiger partial charge in [-0.05, 0) is 43.9 Å². The fourth-order valence-electron chi connectivity index (χ4n) is 2.28. The molecule has 1 fully saturated rings. The lowest BCUT2D eigenvalue weighted by molar-refractivity contribution is 0.0860. The third-order valence-electron chi connectivity index (χ3n) is 3.57. The highest BCUT2D eigenvalue weighted by Gasteiger charge is 2.23. The average Bonchev–Trinajstić information content (AvgIpc) is 2.94. The number of carbonyl (C=O) groups excluding carboxylic acids is 1. The number of nitrogens with one attached hydrogen (secondary N) is 2. The highest BCUT2D eigenvalue weighted by molar-refractivity contribution is 5.74. The maximum atomic E-state index is 13.4. The van der Waals surface area contributed by atoms with Crippen LogP contribution in [0.5, 0.6) is 0 Å². The number of rotatable bonds is 4. The lowest BCUT2D eigenvalue weighted by atomic mass is 10.1. The van der Waals surface area contributed by atoms with Crippen LogP contribution in [0.4, 0.5) is 9.18 Å².